The maximum Gasteiger partial charge on any atom is 0.232 e. The van der Waals surface area contributed by atoms with Gasteiger partial charge in [-0.2, -0.15) is 0 Å². The predicted molar refractivity (Wildman–Crippen MR) is 87.7 cm³/mol. The Morgan fingerprint density at radius 1 is 1.24 bits per heavy atom. The predicted octanol–water partition coefficient (Wildman–Crippen LogP) is 4.34. The van der Waals surface area contributed by atoms with Crippen LogP contribution in [0.5, 0.6) is 0 Å². The van der Waals surface area contributed by atoms with Crippen molar-refractivity contribution >= 4 is 33.6 Å². The molecule has 2 aromatic carbocycles. The van der Waals surface area contributed by atoms with Crippen molar-refractivity contribution in [1.82, 2.24) is 4.90 Å². The van der Waals surface area contributed by atoms with Crippen LogP contribution in [-0.2, 0) is 11.3 Å². The van der Waals surface area contributed by atoms with Gasteiger partial charge in [-0.05, 0) is 30.3 Å². The van der Waals surface area contributed by atoms with E-state index in [9.17, 15) is 9.18 Å². The molecular weight excluding hydrogens is 353 g/mol. The summed E-state index contributed by atoms with van der Waals surface area (Å²) in [5.41, 5.74) is 0.505. The Kier molecular flexibility index (Phi) is 5.82. The lowest BCUT2D eigenvalue weighted by Gasteiger charge is -2.17. The van der Waals surface area contributed by atoms with E-state index in [4.69, 9.17) is 0 Å². The van der Waals surface area contributed by atoms with Crippen molar-refractivity contribution in [3.63, 3.8) is 0 Å². The smallest absolute Gasteiger partial charge is 0.232 e. The zero-order chi connectivity index (χ0) is 15.2. The van der Waals surface area contributed by atoms with Gasteiger partial charge in [0.2, 0.25) is 5.91 Å². The molecule has 21 heavy (non-hydrogen) atoms. The van der Waals surface area contributed by atoms with Gasteiger partial charge in [-0.15, -0.1) is 11.8 Å². The Labute approximate surface area is 136 Å². The summed E-state index contributed by atoms with van der Waals surface area (Å²) in [6, 6.07) is 14.5. The molecule has 0 N–H and O–H groups in total. The fourth-order valence-corrected chi connectivity index (χ4v) is 3.05. The van der Waals surface area contributed by atoms with Gasteiger partial charge in [0.25, 0.3) is 0 Å². The van der Waals surface area contributed by atoms with Gasteiger partial charge in [-0.25, -0.2) is 4.39 Å². The molecule has 0 aliphatic heterocycles. The van der Waals surface area contributed by atoms with Gasteiger partial charge < -0.3 is 4.90 Å². The standard InChI is InChI=1S/C16H15BrFNOS/c1-19(10-12-9-13(17)7-8-15(12)18)16(20)11-21-14-5-3-2-4-6-14/h2-9H,10-11H2,1H3. The van der Waals surface area contributed by atoms with Crippen LogP contribution in [0.4, 0.5) is 4.39 Å². The molecule has 5 heteroatoms. The lowest BCUT2D eigenvalue weighted by Crippen LogP contribution is -2.28. The molecular formula is C16H15BrFNOS. The number of amides is 1. The summed E-state index contributed by atoms with van der Waals surface area (Å²) >= 11 is 4.79. The highest BCUT2D eigenvalue weighted by molar-refractivity contribution is 9.10. The molecule has 0 aliphatic rings. The molecule has 2 rings (SSSR count). The summed E-state index contributed by atoms with van der Waals surface area (Å²) in [5.74, 6) is 0.0210. The number of nitrogens with zero attached hydrogens (tertiary/aromatic N) is 1. The topological polar surface area (TPSA) is 20.3 Å². The normalized spacial score (nSPS) is 10.4. The van der Waals surface area contributed by atoms with E-state index in [2.05, 4.69) is 15.9 Å². The Bertz CT molecular complexity index is 621. The van der Waals surface area contributed by atoms with Crippen molar-refractivity contribution < 1.29 is 9.18 Å². The summed E-state index contributed by atoms with van der Waals surface area (Å²) < 4.78 is 14.5. The lowest BCUT2D eigenvalue weighted by molar-refractivity contribution is -0.127. The lowest BCUT2D eigenvalue weighted by atomic mass is 10.2. The molecule has 0 aliphatic carbocycles. The van der Waals surface area contributed by atoms with Crippen LogP contribution in [0.15, 0.2) is 57.9 Å². The number of thioether (sulfide) groups is 1. The highest BCUT2D eigenvalue weighted by atomic mass is 79.9. The molecule has 0 saturated heterocycles. The van der Waals surface area contributed by atoms with Crippen LogP contribution >= 0.6 is 27.7 Å². The van der Waals surface area contributed by atoms with Crippen molar-refractivity contribution in [3.05, 3.63) is 64.4 Å². The molecule has 0 bridgehead atoms. The third kappa shape index (κ3) is 4.86. The van der Waals surface area contributed by atoms with E-state index in [0.717, 1.165) is 9.37 Å². The Hall–Kier alpha value is -1.33. The molecule has 1 amide bonds. The van der Waals surface area contributed by atoms with Gasteiger partial charge in [0.15, 0.2) is 0 Å². The third-order valence-corrected chi connectivity index (χ3v) is 4.44. The summed E-state index contributed by atoms with van der Waals surface area (Å²) in [7, 11) is 1.69. The highest BCUT2D eigenvalue weighted by Gasteiger charge is 2.12. The van der Waals surface area contributed by atoms with E-state index < -0.39 is 0 Å². The molecule has 0 spiro atoms. The van der Waals surface area contributed by atoms with Crippen LogP contribution in [0, 0.1) is 5.82 Å². The monoisotopic (exact) mass is 367 g/mol. The van der Waals surface area contributed by atoms with Crippen molar-refractivity contribution in [3.8, 4) is 0 Å². The van der Waals surface area contributed by atoms with Gasteiger partial charge >= 0.3 is 0 Å². The summed E-state index contributed by atoms with van der Waals surface area (Å²) in [6.45, 7) is 0.263. The molecule has 2 aromatic rings. The first kappa shape index (κ1) is 16.0. The Morgan fingerprint density at radius 2 is 1.95 bits per heavy atom. The quantitative estimate of drug-likeness (QED) is 0.732. The fourth-order valence-electron chi connectivity index (χ4n) is 1.78. The molecule has 0 saturated carbocycles. The molecule has 0 aromatic heterocycles. The van der Waals surface area contributed by atoms with Crippen LogP contribution in [0.3, 0.4) is 0 Å². The SMILES string of the molecule is CN(Cc1cc(Br)ccc1F)C(=O)CSc1ccccc1. The number of benzene rings is 2. The number of rotatable bonds is 5. The van der Waals surface area contributed by atoms with E-state index in [1.807, 2.05) is 30.3 Å². The van der Waals surface area contributed by atoms with Gasteiger partial charge in [-0.3, -0.25) is 4.79 Å². The maximum absolute atomic E-state index is 13.7. The second kappa shape index (κ2) is 7.61. The molecule has 0 fully saturated rings. The summed E-state index contributed by atoms with van der Waals surface area (Å²) in [5, 5.41) is 0. The molecule has 0 heterocycles. The van der Waals surface area contributed by atoms with Gasteiger partial charge in [0.1, 0.15) is 5.82 Å². The molecule has 2 nitrogen and oxygen atoms in total. The van der Waals surface area contributed by atoms with Crippen LogP contribution in [0.1, 0.15) is 5.56 Å². The van der Waals surface area contributed by atoms with Gasteiger partial charge in [-0.1, -0.05) is 34.1 Å². The number of carbonyl (C=O) groups is 1. The first-order valence-electron chi connectivity index (χ1n) is 6.42. The first-order chi connectivity index (χ1) is 10.1. The second-order valence-corrected chi connectivity index (χ2v) is 6.55. The minimum Gasteiger partial charge on any atom is -0.341 e. The van der Waals surface area contributed by atoms with Crippen molar-refractivity contribution in [1.29, 1.82) is 0 Å². The van der Waals surface area contributed by atoms with E-state index in [1.165, 1.54) is 17.8 Å². The Balaban J connectivity index is 1.92. The molecule has 0 atom stereocenters. The van der Waals surface area contributed by atoms with E-state index in [1.54, 1.807) is 24.1 Å². The van der Waals surface area contributed by atoms with Gasteiger partial charge in [0, 0.05) is 28.5 Å². The average Bonchev–Trinajstić information content (AvgIpc) is 2.49. The van der Waals surface area contributed by atoms with E-state index >= 15 is 0 Å². The number of hydrogen-bond acceptors (Lipinski definition) is 2. The first-order valence-corrected chi connectivity index (χ1v) is 8.20. The largest absolute Gasteiger partial charge is 0.341 e. The van der Waals surface area contributed by atoms with Crippen LogP contribution in [-0.4, -0.2) is 23.6 Å². The number of carbonyl (C=O) groups excluding carboxylic acids is 1. The maximum atomic E-state index is 13.7. The molecule has 110 valence electrons. The van der Waals surface area contributed by atoms with Crippen LogP contribution in [0.2, 0.25) is 0 Å². The number of hydrogen-bond donors (Lipinski definition) is 0. The summed E-state index contributed by atoms with van der Waals surface area (Å²) in [4.78, 5) is 14.7. The minimum absolute atomic E-state index is 0.0248. The third-order valence-electron chi connectivity index (χ3n) is 2.95. The number of halogens is 2. The zero-order valence-corrected chi connectivity index (χ0v) is 14.0. The minimum atomic E-state index is -0.298. The van der Waals surface area contributed by atoms with Gasteiger partial charge in [0.05, 0.1) is 5.75 Å². The Morgan fingerprint density at radius 3 is 2.67 bits per heavy atom. The second-order valence-electron chi connectivity index (χ2n) is 4.59. The highest BCUT2D eigenvalue weighted by Crippen LogP contribution is 2.19. The van der Waals surface area contributed by atoms with Crippen molar-refractivity contribution in [2.24, 2.45) is 0 Å². The van der Waals surface area contributed by atoms with E-state index in [0.29, 0.717) is 11.3 Å². The molecule has 0 radical (unpaired) electrons. The van der Waals surface area contributed by atoms with Crippen LogP contribution < -0.4 is 0 Å². The summed E-state index contributed by atoms with van der Waals surface area (Å²) in [6.07, 6.45) is 0. The zero-order valence-electron chi connectivity index (χ0n) is 11.6. The fraction of sp³-hybridized carbons (Fsp3) is 0.188. The van der Waals surface area contributed by atoms with Crippen LogP contribution in [0.25, 0.3) is 0 Å². The average molecular weight is 368 g/mol. The van der Waals surface area contributed by atoms with Crippen molar-refractivity contribution in [2.45, 2.75) is 11.4 Å². The van der Waals surface area contributed by atoms with E-state index in [-0.39, 0.29) is 18.3 Å². The van der Waals surface area contributed by atoms with Crippen molar-refractivity contribution in [2.75, 3.05) is 12.8 Å². The molecule has 0 unspecified atom stereocenters.